The lowest BCUT2D eigenvalue weighted by atomic mass is 9.86. The summed E-state index contributed by atoms with van der Waals surface area (Å²) in [7, 11) is -4.39. The Bertz CT molecular complexity index is 1300. The summed E-state index contributed by atoms with van der Waals surface area (Å²) >= 11 is 0. The van der Waals surface area contributed by atoms with Gasteiger partial charge in [0, 0.05) is 24.3 Å². The number of para-hydroxylation sites is 2. The van der Waals surface area contributed by atoms with Gasteiger partial charge in [-0.1, -0.05) is 82.3 Å². The molecule has 0 bridgehead atoms. The number of piperidine rings is 1. The Morgan fingerprint density at radius 2 is 1.41 bits per heavy atom. The summed E-state index contributed by atoms with van der Waals surface area (Å²) in [4.78, 5) is 15.6. The van der Waals surface area contributed by atoms with Gasteiger partial charge in [0.05, 0.1) is 0 Å². The van der Waals surface area contributed by atoms with Gasteiger partial charge in [-0.2, -0.15) is 8.42 Å². The smallest absolute Gasteiger partial charge is 0.371 e. The van der Waals surface area contributed by atoms with E-state index in [0.29, 0.717) is 11.3 Å². The van der Waals surface area contributed by atoms with E-state index in [0.717, 1.165) is 42.6 Å². The largest absolute Gasteiger partial charge is 0.409 e. The zero-order valence-electron chi connectivity index (χ0n) is 22.0. The molecule has 0 radical (unpaired) electrons. The molecular formula is C30H36N2O4S. The Morgan fingerprint density at radius 3 is 2.00 bits per heavy atom. The number of amides is 1. The average Bonchev–Trinajstić information content (AvgIpc) is 2.88. The standard InChI is InChI=1S/C30H36N2O4S/c1-21(2)25-15-10-16-26(22(3)4)29(25)36-37(34,35)31-30(33)28-14-9-8-13-27(28)23-17-19-32(20-18-23)24-11-6-5-7-12-24/h5-16,21-23H,17-20H2,1-4H3,(H,31,33). The summed E-state index contributed by atoms with van der Waals surface area (Å²) in [6.45, 7) is 9.67. The fraction of sp³-hybridized carbons (Fsp3) is 0.367. The fourth-order valence-electron chi connectivity index (χ4n) is 5.03. The monoisotopic (exact) mass is 520 g/mol. The van der Waals surface area contributed by atoms with E-state index in [1.54, 1.807) is 12.1 Å². The van der Waals surface area contributed by atoms with E-state index in [1.165, 1.54) is 5.69 Å². The number of nitrogens with one attached hydrogen (secondary N) is 1. The molecule has 3 aromatic carbocycles. The van der Waals surface area contributed by atoms with Crippen LogP contribution in [0.2, 0.25) is 0 Å². The van der Waals surface area contributed by atoms with E-state index < -0.39 is 16.2 Å². The van der Waals surface area contributed by atoms with E-state index in [1.807, 2.05) is 76.2 Å². The van der Waals surface area contributed by atoms with E-state index in [2.05, 4.69) is 21.8 Å². The predicted molar refractivity (Wildman–Crippen MR) is 149 cm³/mol. The van der Waals surface area contributed by atoms with Crippen LogP contribution in [-0.2, 0) is 10.3 Å². The molecule has 1 heterocycles. The molecule has 1 aliphatic rings. The Hall–Kier alpha value is -3.32. The highest BCUT2D eigenvalue weighted by Crippen LogP contribution is 2.36. The van der Waals surface area contributed by atoms with Gasteiger partial charge in [-0.05, 0) is 65.5 Å². The number of hydrogen-bond acceptors (Lipinski definition) is 5. The number of carbonyl (C=O) groups is 1. The molecular weight excluding hydrogens is 484 g/mol. The Balaban J connectivity index is 1.51. The molecule has 1 fully saturated rings. The van der Waals surface area contributed by atoms with Gasteiger partial charge < -0.3 is 9.08 Å². The predicted octanol–water partition coefficient (Wildman–Crippen LogP) is 6.37. The first-order valence-corrected chi connectivity index (χ1v) is 14.4. The molecule has 0 saturated carbocycles. The van der Waals surface area contributed by atoms with Crippen molar-refractivity contribution in [3.63, 3.8) is 0 Å². The highest BCUT2D eigenvalue weighted by Gasteiger charge is 2.28. The van der Waals surface area contributed by atoms with E-state index >= 15 is 0 Å². The normalized spacial score (nSPS) is 14.7. The molecule has 1 N–H and O–H groups in total. The van der Waals surface area contributed by atoms with Crippen molar-refractivity contribution in [2.45, 2.75) is 58.3 Å². The van der Waals surface area contributed by atoms with E-state index in [9.17, 15) is 13.2 Å². The first-order valence-electron chi connectivity index (χ1n) is 12.9. The summed E-state index contributed by atoms with van der Waals surface area (Å²) in [5, 5.41) is 0. The molecule has 1 amide bonds. The number of carbonyl (C=O) groups excluding carboxylic acids is 1. The maximum atomic E-state index is 13.3. The van der Waals surface area contributed by atoms with Gasteiger partial charge in [0.25, 0.3) is 5.91 Å². The third-order valence-corrected chi connectivity index (χ3v) is 7.81. The molecule has 1 saturated heterocycles. The molecule has 0 unspecified atom stereocenters. The Labute approximate surface area is 220 Å². The summed E-state index contributed by atoms with van der Waals surface area (Å²) in [5.41, 5.74) is 4.00. The van der Waals surface area contributed by atoms with Crippen molar-refractivity contribution >= 4 is 21.9 Å². The van der Waals surface area contributed by atoms with Crippen molar-refractivity contribution in [3.05, 3.63) is 95.1 Å². The second-order valence-corrected chi connectivity index (χ2v) is 11.5. The maximum Gasteiger partial charge on any atom is 0.409 e. The highest BCUT2D eigenvalue weighted by atomic mass is 32.2. The van der Waals surface area contributed by atoms with Crippen molar-refractivity contribution in [3.8, 4) is 5.75 Å². The minimum atomic E-state index is -4.39. The third-order valence-electron chi connectivity index (χ3n) is 6.99. The van der Waals surface area contributed by atoms with Gasteiger partial charge >= 0.3 is 10.3 Å². The maximum absolute atomic E-state index is 13.3. The molecule has 7 heteroatoms. The minimum absolute atomic E-state index is 0.0575. The topological polar surface area (TPSA) is 75.7 Å². The van der Waals surface area contributed by atoms with Gasteiger partial charge in [-0.15, -0.1) is 0 Å². The summed E-state index contributed by atoms with van der Waals surface area (Å²) < 4.78 is 33.8. The van der Waals surface area contributed by atoms with Crippen LogP contribution in [0.4, 0.5) is 5.69 Å². The first-order chi connectivity index (χ1) is 17.7. The molecule has 6 nitrogen and oxygen atoms in total. The summed E-state index contributed by atoms with van der Waals surface area (Å²) in [6, 6.07) is 23.2. The van der Waals surface area contributed by atoms with Crippen LogP contribution in [0.5, 0.6) is 5.75 Å². The van der Waals surface area contributed by atoms with Crippen LogP contribution >= 0.6 is 0 Å². The van der Waals surface area contributed by atoms with E-state index in [4.69, 9.17) is 4.18 Å². The zero-order valence-corrected chi connectivity index (χ0v) is 22.8. The molecule has 0 aromatic heterocycles. The number of rotatable bonds is 8. The van der Waals surface area contributed by atoms with Crippen LogP contribution in [0.15, 0.2) is 72.8 Å². The summed E-state index contributed by atoms with van der Waals surface area (Å²) in [5.74, 6) is -0.0903. The molecule has 1 aliphatic heterocycles. The molecule has 4 rings (SSSR count). The second kappa shape index (κ2) is 11.4. The number of nitrogens with zero attached hydrogens (tertiary/aromatic N) is 1. The average molecular weight is 521 g/mol. The van der Waals surface area contributed by atoms with Crippen molar-refractivity contribution in [1.82, 2.24) is 4.72 Å². The van der Waals surface area contributed by atoms with Crippen LogP contribution in [-0.4, -0.2) is 27.4 Å². The molecule has 0 aliphatic carbocycles. The summed E-state index contributed by atoms with van der Waals surface area (Å²) in [6.07, 6.45) is 1.75. The Kier molecular flexibility index (Phi) is 8.22. The van der Waals surface area contributed by atoms with Crippen LogP contribution in [0.25, 0.3) is 0 Å². The lowest BCUT2D eigenvalue weighted by Gasteiger charge is -2.34. The van der Waals surface area contributed by atoms with Gasteiger partial charge in [0.1, 0.15) is 0 Å². The van der Waals surface area contributed by atoms with Crippen molar-refractivity contribution < 1.29 is 17.4 Å². The lowest BCUT2D eigenvalue weighted by molar-refractivity contribution is 0.0977. The van der Waals surface area contributed by atoms with Crippen LogP contribution in [0.3, 0.4) is 0 Å². The Morgan fingerprint density at radius 1 is 0.838 bits per heavy atom. The van der Waals surface area contributed by atoms with E-state index in [-0.39, 0.29) is 17.8 Å². The molecule has 0 atom stereocenters. The number of hydrogen-bond donors (Lipinski definition) is 1. The molecule has 0 spiro atoms. The van der Waals surface area contributed by atoms with Gasteiger partial charge in [-0.3, -0.25) is 4.79 Å². The lowest BCUT2D eigenvalue weighted by Crippen LogP contribution is -2.36. The molecule has 196 valence electrons. The quantitative estimate of drug-likeness (QED) is 0.373. The van der Waals surface area contributed by atoms with Gasteiger partial charge in [0.2, 0.25) is 0 Å². The molecule has 3 aromatic rings. The number of benzene rings is 3. The van der Waals surface area contributed by atoms with Crippen LogP contribution < -0.4 is 13.8 Å². The SMILES string of the molecule is CC(C)c1cccc(C(C)C)c1OS(=O)(=O)NC(=O)c1ccccc1C1CCN(c2ccccc2)CC1. The van der Waals surface area contributed by atoms with Crippen molar-refractivity contribution in [2.75, 3.05) is 18.0 Å². The van der Waals surface area contributed by atoms with Crippen molar-refractivity contribution in [1.29, 1.82) is 0 Å². The fourth-order valence-corrected chi connectivity index (χ4v) is 5.82. The van der Waals surface area contributed by atoms with Gasteiger partial charge in [-0.25, -0.2) is 4.72 Å². The van der Waals surface area contributed by atoms with Crippen LogP contribution in [0.1, 0.15) is 85.3 Å². The van der Waals surface area contributed by atoms with Crippen LogP contribution in [0, 0.1) is 0 Å². The first kappa shape index (κ1) is 26.7. The highest BCUT2D eigenvalue weighted by molar-refractivity contribution is 7.85. The van der Waals surface area contributed by atoms with Crippen molar-refractivity contribution in [2.24, 2.45) is 0 Å². The second-order valence-electron chi connectivity index (χ2n) is 10.2. The zero-order chi connectivity index (χ0) is 26.6. The molecule has 37 heavy (non-hydrogen) atoms. The number of anilines is 1. The van der Waals surface area contributed by atoms with Gasteiger partial charge in [0.15, 0.2) is 5.75 Å². The third kappa shape index (κ3) is 6.34. The minimum Gasteiger partial charge on any atom is -0.371 e.